The van der Waals surface area contributed by atoms with Crippen LogP contribution in [-0.2, 0) is 4.79 Å². The third-order valence-electron chi connectivity index (χ3n) is 4.63. The number of nitrogens with one attached hydrogen (secondary N) is 1. The van der Waals surface area contributed by atoms with Gasteiger partial charge >= 0.3 is 0 Å². The molecule has 1 aromatic heterocycles. The molecular weight excluding hydrogens is 254 g/mol. The van der Waals surface area contributed by atoms with Crippen molar-refractivity contribution in [2.24, 2.45) is 5.92 Å². The largest absolute Gasteiger partial charge is 0.341 e. The van der Waals surface area contributed by atoms with E-state index in [9.17, 15) is 4.79 Å². The van der Waals surface area contributed by atoms with Crippen LogP contribution in [0.25, 0.3) is 0 Å². The second kappa shape index (κ2) is 5.91. The normalized spacial score (nSPS) is 28.6. The standard InChI is InChI=1S/C14H23N5O/c1-11(19-10-15-9-17-19)14(20)18-7-3-4-12(8-18)13-5-2-6-16-13/h9-13,16H,2-8H2,1H3. The summed E-state index contributed by atoms with van der Waals surface area (Å²) in [5.74, 6) is 0.774. The molecule has 0 saturated carbocycles. The highest BCUT2D eigenvalue weighted by molar-refractivity contribution is 5.80. The van der Waals surface area contributed by atoms with Gasteiger partial charge in [0.2, 0.25) is 5.91 Å². The van der Waals surface area contributed by atoms with E-state index in [0.29, 0.717) is 12.0 Å². The third kappa shape index (κ3) is 2.70. The van der Waals surface area contributed by atoms with Crippen molar-refractivity contribution in [3.8, 4) is 0 Å². The Kier molecular flexibility index (Phi) is 4.00. The van der Waals surface area contributed by atoms with Gasteiger partial charge in [-0.15, -0.1) is 0 Å². The molecule has 2 aliphatic rings. The molecule has 0 aliphatic carbocycles. The lowest BCUT2D eigenvalue weighted by Crippen LogP contribution is -2.47. The molecule has 1 N–H and O–H groups in total. The van der Waals surface area contributed by atoms with E-state index in [1.807, 2.05) is 11.8 Å². The van der Waals surface area contributed by atoms with Crippen LogP contribution in [0.2, 0.25) is 0 Å². The summed E-state index contributed by atoms with van der Waals surface area (Å²) in [5.41, 5.74) is 0. The van der Waals surface area contributed by atoms with Gasteiger partial charge in [0.25, 0.3) is 0 Å². The Labute approximate surface area is 119 Å². The number of carbonyl (C=O) groups is 1. The van der Waals surface area contributed by atoms with Crippen LogP contribution in [0, 0.1) is 5.92 Å². The molecule has 2 saturated heterocycles. The molecule has 3 heterocycles. The molecule has 3 unspecified atom stereocenters. The second-order valence-corrected chi connectivity index (χ2v) is 5.94. The van der Waals surface area contributed by atoms with Crippen LogP contribution in [0.3, 0.4) is 0 Å². The van der Waals surface area contributed by atoms with Crippen molar-refractivity contribution < 1.29 is 4.79 Å². The van der Waals surface area contributed by atoms with E-state index in [2.05, 4.69) is 15.4 Å². The number of piperidine rings is 1. The van der Waals surface area contributed by atoms with E-state index < -0.39 is 0 Å². The van der Waals surface area contributed by atoms with Gasteiger partial charge in [-0.05, 0) is 45.1 Å². The van der Waals surface area contributed by atoms with E-state index in [1.165, 1.54) is 25.6 Å². The molecule has 110 valence electrons. The topological polar surface area (TPSA) is 63.1 Å². The highest BCUT2D eigenvalue weighted by Gasteiger charge is 2.32. The number of nitrogens with zero attached hydrogens (tertiary/aromatic N) is 4. The van der Waals surface area contributed by atoms with Crippen LogP contribution in [0.15, 0.2) is 12.7 Å². The fraction of sp³-hybridized carbons (Fsp3) is 0.786. The first-order valence-corrected chi connectivity index (χ1v) is 7.62. The minimum atomic E-state index is -0.257. The molecule has 0 spiro atoms. The van der Waals surface area contributed by atoms with Gasteiger partial charge in [-0.2, -0.15) is 5.10 Å². The monoisotopic (exact) mass is 277 g/mol. The first kappa shape index (κ1) is 13.5. The van der Waals surface area contributed by atoms with Gasteiger partial charge in [0, 0.05) is 19.1 Å². The van der Waals surface area contributed by atoms with Gasteiger partial charge in [0.05, 0.1) is 0 Å². The van der Waals surface area contributed by atoms with Crippen molar-refractivity contribution in [1.82, 2.24) is 25.0 Å². The highest BCUT2D eigenvalue weighted by Crippen LogP contribution is 2.26. The van der Waals surface area contributed by atoms with Gasteiger partial charge in [-0.1, -0.05) is 0 Å². The first-order chi connectivity index (χ1) is 9.75. The van der Waals surface area contributed by atoms with Crippen LogP contribution >= 0.6 is 0 Å². The highest BCUT2D eigenvalue weighted by atomic mass is 16.2. The van der Waals surface area contributed by atoms with Crippen molar-refractivity contribution in [2.75, 3.05) is 19.6 Å². The summed E-state index contributed by atoms with van der Waals surface area (Å²) in [6.45, 7) is 4.79. The van der Waals surface area contributed by atoms with Crippen LogP contribution in [0.5, 0.6) is 0 Å². The average Bonchev–Trinajstić information content (AvgIpc) is 3.18. The molecule has 6 nitrogen and oxygen atoms in total. The first-order valence-electron chi connectivity index (χ1n) is 7.62. The molecule has 0 aromatic carbocycles. The molecule has 20 heavy (non-hydrogen) atoms. The minimum absolute atomic E-state index is 0.165. The molecule has 0 radical (unpaired) electrons. The Morgan fingerprint density at radius 1 is 1.40 bits per heavy atom. The molecule has 1 aromatic rings. The summed E-state index contributed by atoms with van der Waals surface area (Å²) in [6, 6.07) is 0.347. The second-order valence-electron chi connectivity index (χ2n) is 5.94. The number of amides is 1. The van der Waals surface area contributed by atoms with E-state index in [-0.39, 0.29) is 11.9 Å². The van der Waals surface area contributed by atoms with E-state index in [4.69, 9.17) is 0 Å². The lowest BCUT2D eigenvalue weighted by atomic mass is 9.89. The number of likely N-dealkylation sites (tertiary alicyclic amines) is 1. The summed E-state index contributed by atoms with van der Waals surface area (Å²) >= 11 is 0. The maximum absolute atomic E-state index is 12.6. The molecule has 2 fully saturated rings. The van der Waals surface area contributed by atoms with Crippen LogP contribution < -0.4 is 5.32 Å². The number of rotatable bonds is 3. The lowest BCUT2D eigenvalue weighted by molar-refractivity contribution is -0.136. The smallest absolute Gasteiger partial charge is 0.247 e. The maximum atomic E-state index is 12.6. The van der Waals surface area contributed by atoms with E-state index in [1.54, 1.807) is 11.0 Å². The Hall–Kier alpha value is -1.43. The number of carbonyl (C=O) groups excluding carboxylic acids is 1. The molecule has 1 amide bonds. The molecule has 3 rings (SSSR count). The van der Waals surface area contributed by atoms with Gasteiger partial charge in [-0.3, -0.25) is 4.79 Å². The average molecular weight is 277 g/mol. The fourth-order valence-electron chi connectivity index (χ4n) is 3.45. The van der Waals surface area contributed by atoms with E-state index in [0.717, 1.165) is 26.1 Å². The zero-order valence-corrected chi connectivity index (χ0v) is 12.0. The number of aromatic nitrogens is 3. The fourth-order valence-corrected chi connectivity index (χ4v) is 3.45. The minimum Gasteiger partial charge on any atom is -0.341 e. The third-order valence-corrected chi connectivity index (χ3v) is 4.63. The van der Waals surface area contributed by atoms with Gasteiger partial charge in [0.15, 0.2) is 0 Å². The van der Waals surface area contributed by atoms with Crippen LogP contribution in [-0.4, -0.2) is 51.2 Å². The Balaban J connectivity index is 1.62. The summed E-state index contributed by atoms with van der Waals surface area (Å²) < 4.78 is 1.64. The summed E-state index contributed by atoms with van der Waals surface area (Å²) in [4.78, 5) is 18.5. The zero-order valence-electron chi connectivity index (χ0n) is 12.0. The van der Waals surface area contributed by atoms with E-state index >= 15 is 0 Å². The Morgan fingerprint density at radius 3 is 3.00 bits per heavy atom. The number of hydrogen-bond donors (Lipinski definition) is 1. The van der Waals surface area contributed by atoms with Crippen molar-refractivity contribution >= 4 is 5.91 Å². The van der Waals surface area contributed by atoms with Crippen LogP contribution in [0.4, 0.5) is 0 Å². The Bertz CT molecular complexity index is 440. The number of hydrogen-bond acceptors (Lipinski definition) is 4. The molecule has 6 heteroatoms. The Morgan fingerprint density at radius 2 is 2.30 bits per heavy atom. The molecule has 3 atom stereocenters. The predicted molar refractivity (Wildman–Crippen MR) is 75.1 cm³/mol. The van der Waals surface area contributed by atoms with Crippen molar-refractivity contribution in [1.29, 1.82) is 0 Å². The van der Waals surface area contributed by atoms with Gasteiger partial charge < -0.3 is 10.2 Å². The van der Waals surface area contributed by atoms with Crippen molar-refractivity contribution in [3.05, 3.63) is 12.7 Å². The van der Waals surface area contributed by atoms with Gasteiger partial charge in [-0.25, -0.2) is 9.67 Å². The SMILES string of the molecule is CC(C(=O)N1CCCC(C2CCCN2)C1)n1cncn1. The lowest BCUT2D eigenvalue weighted by Gasteiger charge is -2.37. The zero-order chi connectivity index (χ0) is 13.9. The summed E-state index contributed by atoms with van der Waals surface area (Å²) in [6.07, 6.45) is 7.96. The molecular formula is C14H23N5O. The summed E-state index contributed by atoms with van der Waals surface area (Å²) in [7, 11) is 0. The molecule has 0 bridgehead atoms. The van der Waals surface area contributed by atoms with Crippen molar-refractivity contribution in [3.63, 3.8) is 0 Å². The van der Waals surface area contributed by atoms with Gasteiger partial charge in [0.1, 0.15) is 18.7 Å². The summed E-state index contributed by atoms with van der Waals surface area (Å²) in [5, 5.41) is 7.65. The van der Waals surface area contributed by atoms with Crippen LogP contribution in [0.1, 0.15) is 38.6 Å². The predicted octanol–water partition coefficient (Wildman–Crippen LogP) is 0.830. The maximum Gasteiger partial charge on any atom is 0.247 e. The molecule has 2 aliphatic heterocycles. The quantitative estimate of drug-likeness (QED) is 0.889. The van der Waals surface area contributed by atoms with Crippen molar-refractivity contribution in [2.45, 2.75) is 44.7 Å².